The van der Waals surface area contributed by atoms with Crippen LogP contribution in [0.15, 0.2) is 46.8 Å². The highest BCUT2D eigenvalue weighted by atomic mass is 32.2. The third-order valence-electron chi connectivity index (χ3n) is 3.29. The number of aryl methyl sites for hydroxylation is 1. The van der Waals surface area contributed by atoms with E-state index in [1.807, 2.05) is 49.6 Å². The molecule has 3 aromatic rings. The number of benzene rings is 2. The number of thiazole rings is 1. The molecule has 0 saturated heterocycles. The molecule has 1 heterocycles. The predicted octanol–water partition coefficient (Wildman–Crippen LogP) is 4.27. The Morgan fingerprint density at radius 2 is 1.91 bits per heavy atom. The van der Waals surface area contributed by atoms with Gasteiger partial charge >= 0.3 is 0 Å². The van der Waals surface area contributed by atoms with E-state index >= 15 is 0 Å². The summed E-state index contributed by atoms with van der Waals surface area (Å²) in [7, 11) is -3.44. The second-order valence-electron chi connectivity index (χ2n) is 5.21. The molecule has 0 saturated carbocycles. The molecule has 3 rings (SSSR count). The summed E-state index contributed by atoms with van der Waals surface area (Å²) in [5.74, 6) is -0.0376. The fourth-order valence-electron chi connectivity index (χ4n) is 2.17. The fraction of sp³-hybridized carbons (Fsp3) is 0.188. The first-order valence-corrected chi connectivity index (χ1v) is 10.7. The number of fused-ring (bicyclic) bond motifs is 1. The first kappa shape index (κ1) is 16.3. The minimum absolute atomic E-state index is 0.0376. The van der Waals surface area contributed by atoms with Gasteiger partial charge in [0.25, 0.3) is 0 Å². The van der Waals surface area contributed by atoms with Crippen LogP contribution in [0.4, 0.5) is 5.69 Å². The molecule has 7 heteroatoms. The van der Waals surface area contributed by atoms with Crippen molar-refractivity contribution in [2.45, 2.75) is 17.0 Å². The van der Waals surface area contributed by atoms with Gasteiger partial charge in [0.2, 0.25) is 10.0 Å². The van der Waals surface area contributed by atoms with Crippen LogP contribution in [0.1, 0.15) is 11.1 Å². The van der Waals surface area contributed by atoms with E-state index in [2.05, 4.69) is 9.71 Å². The largest absolute Gasteiger partial charge is 0.283 e. The van der Waals surface area contributed by atoms with Gasteiger partial charge in [-0.25, -0.2) is 13.4 Å². The zero-order valence-electron chi connectivity index (χ0n) is 12.7. The zero-order valence-corrected chi connectivity index (χ0v) is 15.2. The minimum Gasteiger partial charge on any atom is -0.283 e. The van der Waals surface area contributed by atoms with Gasteiger partial charge in [-0.15, -0.1) is 11.3 Å². The van der Waals surface area contributed by atoms with E-state index in [0.717, 1.165) is 25.7 Å². The third kappa shape index (κ3) is 4.04. The fourth-order valence-corrected chi connectivity index (χ4v) is 4.89. The number of sulfonamides is 1. The molecule has 0 radical (unpaired) electrons. The number of aromatic nitrogens is 1. The van der Waals surface area contributed by atoms with Gasteiger partial charge in [0, 0.05) is 0 Å². The molecule has 2 aromatic carbocycles. The Labute approximate surface area is 144 Å². The van der Waals surface area contributed by atoms with E-state index < -0.39 is 10.0 Å². The number of thioether (sulfide) groups is 1. The van der Waals surface area contributed by atoms with Gasteiger partial charge < -0.3 is 0 Å². The van der Waals surface area contributed by atoms with Crippen molar-refractivity contribution in [1.82, 2.24) is 4.98 Å². The van der Waals surface area contributed by atoms with Crippen molar-refractivity contribution in [3.63, 3.8) is 0 Å². The molecule has 23 heavy (non-hydrogen) atoms. The van der Waals surface area contributed by atoms with Crippen LogP contribution in [0.3, 0.4) is 0 Å². The maximum absolute atomic E-state index is 12.3. The van der Waals surface area contributed by atoms with Gasteiger partial charge in [-0.1, -0.05) is 41.6 Å². The first-order chi connectivity index (χ1) is 10.9. The van der Waals surface area contributed by atoms with Crippen LogP contribution < -0.4 is 4.72 Å². The van der Waals surface area contributed by atoms with Crippen molar-refractivity contribution in [3.05, 3.63) is 53.6 Å². The van der Waals surface area contributed by atoms with Crippen LogP contribution in [0.2, 0.25) is 0 Å². The van der Waals surface area contributed by atoms with E-state index in [9.17, 15) is 8.42 Å². The average Bonchev–Trinajstić information content (AvgIpc) is 2.91. The summed E-state index contributed by atoms with van der Waals surface area (Å²) in [4.78, 5) is 4.45. The summed E-state index contributed by atoms with van der Waals surface area (Å²) in [6.07, 6.45) is 1.98. The van der Waals surface area contributed by atoms with Crippen molar-refractivity contribution in [2.24, 2.45) is 0 Å². The van der Waals surface area contributed by atoms with Crippen LogP contribution in [0.5, 0.6) is 0 Å². The molecule has 0 aliphatic rings. The Bertz CT molecular complexity index is 932. The van der Waals surface area contributed by atoms with Crippen molar-refractivity contribution in [2.75, 3.05) is 11.0 Å². The first-order valence-electron chi connectivity index (χ1n) is 6.96. The zero-order chi connectivity index (χ0) is 16.4. The van der Waals surface area contributed by atoms with E-state index in [0.29, 0.717) is 5.69 Å². The lowest BCUT2D eigenvalue weighted by molar-refractivity contribution is 0.600. The molecule has 120 valence electrons. The molecule has 1 aromatic heterocycles. The molecule has 0 amide bonds. The van der Waals surface area contributed by atoms with E-state index in [1.165, 1.54) is 0 Å². The van der Waals surface area contributed by atoms with Gasteiger partial charge in [0.15, 0.2) is 4.34 Å². The average molecular weight is 365 g/mol. The number of nitrogens with zero attached hydrogens (tertiary/aromatic N) is 1. The van der Waals surface area contributed by atoms with Crippen LogP contribution >= 0.6 is 23.1 Å². The number of hydrogen-bond acceptors (Lipinski definition) is 5. The maximum Gasteiger partial charge on any atom is 0.236 e. The van der Waals surface area contributed by atoms with Gasteiger partial charge in [0.05, 0.1) is 21.7 Å². The Balaban J connectivity index is 1.80. The highest BCUT2D eigenvalue weighted by molar-refractivity contribution is 8.00. The molecule has 0 unspecified atom stereocenters. The highest BCUT2D eigenvalue weighted by Crippen LogP contribution is 2.30. The third-order valence-corrected chi connectivity index (χ3v) is 6.56. The second kappa shape index (κ2) is 6.51. The molecule has 1 N–H and O–H groups in total. The maximum atomic E-state index is 12.3. The minimum atomic E-state index is -3.44. The van der Waals surface area contributed by atoms with Crippen LogP contribution in [0, 0.1) is 6.92 Å². The summed E-state index contributed by atoms with van der Waals surface area (Å²) in [6.45, 7) is 1.98. The summed E-state index contributed by atoms with van der Waals surface area (Å²) in [5, 5.41) is 0. The lowest BCUT2D eigenvalue weighted by Gasteiger charge is -2.08. The van der Waals surface area contributed by atoms with Gasteiger partial charge in [-0.05, 0) is 36.9 Å². The SMILES string of the molecule is CSc1nc2ccc(NS(=O)(=O)Cc3ccc(C)cc3)cc2s1. The van der Waals surface area contributed by atoms with Gasteiger partial charge in [-0.2, -0.15) is 0 Å². The summed E-state index contributed by atoms with van der Waals surface area (Å²) in [6, 6.07) is 12.9. The number of rotatable bonds is 5. The van der Waals surface area contributed by atoms with E-state index in [4.69, 9.17) is 0 Å². The normalized spacial score (nSPS) is 11.7. The molecule has 0 bridgehead atoms. The second-order valence-corrected chi connectivity index (χ2v) is 9.02. The van der Waals surface area contributed by atoms with Crippen molar-refractivity contribution in [3.8, 4) is 0 Å². The summed E-state index contributed by atoms with van der Waals surface area (Å²) in [5.41, 5.74) is 3.34. The predicted molar refractivity (Wildman–Crippen MR) is 98.8 cm³/mol. The number of anilines is 1. The molecule has 0 fully saturated rings. The molecule has 0 aliphatic carbocycles. The highest BCUT2D eigenvalue weighted by Gasteiger charge is 2.13. The molecule has 0 atom stereocenters. The summed E-state index contributed by atoms with van der Waals surface area (Å²) >= 11 is 3.15. The Morgan fingerprint density at radius 3 is 2.61 bits per heavy atom. The lowest BCUT2D eigenvalue weighted by Crippen LogP contribution is -2.14. The van der Waals surface area contributed by atoms with Crippen LogP contribution in [-0.4, -0.2) is 19.7 Å². The quantitative estimate of drug-likeness (QED) is 0.687. The summed E-state index contributed by atoms with van der Waals surface area (Å²) < 4.78 is 29.2. The smallest absolute Gasteiger partial charge is 0.236 e. The van der Waals surface area contributed by atoms with Gasteiger partial charge in [-0.3, -0.25) is 4.72 Å². The van der Waals surface area contributed by atoms with Crippen molar-refractivity contribution < 1.29 is 8.42 Å². The molecule has 4 nitrogen and oxygen atoms in total. The molecule has 0 spiro atoms. The van der Waals surface area contributed by atoms with Crippen molar-refractivity contribution >= 4 is 49.0 Å². The van der Waals surface area contributed by atoms with Crippen molar-refractivity contribution in [1.29, 1.82) is 0 Å². The van der Waals surface area contributed by atoms with Crippen LogP contribution in [-0.2, 0) is 15.8 Å². The molecule has 0 aliphatic heterocycles. The molecular weight excluding hydrogens is 348 g/mol. The van der Waals surface area contributed by atoms with Gasteiger partial charge in [0.1, 0.15) is 0 Å². The Hall–Kier alpha value is -1.57. The monoisotopic (exact) mass is 364 g/mol. The standard InChI is InChI=1S/C16H16N2O2S3/c1-11-3-5-12(6-4-11)10-23(19,20)18-13-7-8-14-15(9-13)22-16(17-14)21-2/h3-9,18H,10H2,1-2H3. The number of hydrogen-bond donors (Lipinski definition) is 1. The van der Waals surface area contributed by atoms with E-state index in [1.54, 1.807) is 29.2 Å². The Morgan fingerprint density at radius 1 is 1.17 bits per heavy atom. The lowest BCUT2D eigenvalue weighted by atomic mass is 10.2. The Kier molecular flexibility index (Phi) is 4.61. The molecular formula is C16H16N2O2S3. The van der Waals surface area contributed by atoms with E-state index in [-0.39, 0.29) is 5.75 Å². The van der Waals surface area contributed by atoms with Crippen LogP contribution in [0.25, 0.3) is 10.2 Å². The topological polar surface area (TPSA) is 59.1 Å². The number of nitrogens with one attached hydrogen (secondary N) is 1.